The van der Waals surface area contributed by atoms with E-state index in [4.69, 9.17) is 4.74 Å². The predicted molar refractivity (Wildman–Crippen MR) is 136 cm³/mol. The lowest BCUT2D eigenvalue weighted by molar-refractivity contribution is 0.0249. The second-order valence-electron chi connectivity index (χ2n) is 8.94. The SMILES string of the molecule is CCc1cnc(N2CCC(OCc3ccnc(-n4ccc5cc(S(C)(=O)=O)ccc54)c3)CC2)nc1. The highest BCUT2D eigenvalue weighted by molar-refractivity contribution is 7.90. The van der Waals surface area contributed by atoms with Gasteiger partial charge in [-0.2, -0.15) is 0 Å². The van der Waals surface area contributed by atoms with Crippen molar-refractivity contribution in [1.29, 1.82) is 0 Å². The van der Waals surface area contributed by atoms with Gasteiger partial charge in [-0.1, -0.05) is 6.92 Å². The molecule has 3 aromatic heterocycles. The van der Waals surface area contributed by atoms with Crippen molar-refractivity contribution < 1.29 is 13.2 Å². The molecule has 0 unspecified atom stereocenters. The van der Waals surface area contributed by atoms with Crippen molar-refractivity contribution in [2.24, 2.45) is 0 Å². The van der Waals surface area contributed by atoms with Crippen LogP contribution in [0.25, 0.3) is 16.7 Å². The van der Waals surface area contributed by atoms with Crippen molar-refractivity contribution >= 4 is 26.7 Å². The predicted octanol–water partition coefficient (Wildman–Crippen LogP) is 3.97. The van der Waals surface area contributed by atoms with Crippen LogP contribution in [-0.2, 0) is 27.6 Å². The van der Waals surface area contributed by atoms with Gasteiger partial charge in [-0.05, 0) is 66.8 Å². The van der Waals surface area contributed by atoms with E-state index in [9.17, 15) is 8.42 Å². The Kier molecular flexibility index (Phi) is 6.53. The lowest BCUT2D eigenvalue weighted by Gasteiger charge is -2.32. The number of hydrogen-bond acceptors (Lipinski definition) is 7. The first-order chi connectivity index (χ1) is 16.9. The number of aryl methyl sites for hydroxylation is 1. The largest absolute Gasteiger partial charge is 0.373 e. The summed E-state index contributed by atoms with van der Waals surface area (Å²) in [4.78, 5) is 16.1. The van der Waals surface area contributed by atoms with Gasteiger partial charge in [0.2, 0.25) is 5.95 Å². The zero-order valence-corrected chi connectivity index (χ0v) is 20.8. The zero-order chi connectivity index (χ0) is 24.4. The van der Waals surface area contributed by atoms with E-state index in [0.717, 1.165) is 66.1 Å². The lowest BCUT2D eigenvalue weighted by atomic mass is 10.1. The number of nitrogens with zero attached hydrogens (tertiary/aromatic N) is 5. The molecule has 1 saturated heterocycles. The minimum atomic E-state index is -3.25. The third kappa shape index (κ3) is 5.21. The van der Waals surface area contributed by atoms with Crippen molar-refractivity contribution in [2.45, 2.75) is 43.8 Å². The van der Waals surface area contributed by atoms with Gasteiger partial charge in [0.1, 0.15) is 5.82 Å². The summed E-state index contributed by atoms with van der Waals surface area (Å²) in [5, 5.41) is 0.858. The molecular formula is C26H29N5O3S. The Morgan fingerprint density at radius 1 is 1.00 bits per heavy atom. The molecule has 182 valence electrons. The minimum absolute atomic E-state index is 0.194. The Bertz CT molecular complexity index is 1430. The highest BCUT2D eigenvalue weighted by Crippen LogP contribution is 2.24. The maximum absolute atomic E-state index is 11.9. The zero-order valence-electron chi connectivity index (χ0n) is 20.0. The average Bonchev–Trinajstić information content (AvgIpc) is 3.31. The van der Waals surface area contributed by atoms with Crippen LogP contribution in [0, 0.1) is 0 Å². The number of ether oxygens (including phenoxy) is 1. The van der Waals surface area contributed by atoms with Crippen molar-refractivity contribution in [3.8, 4) is 5.82 Å². The third-order valence-electron chi connectivity index (χ3n) is 6.46. The molecule has 0 spiro atoms. The molecule has 1 aromatic carbocycles. The molecule has 0 amide bonds. The maximum atomic E-state index is 11.9. The van der Waals surface area contributed by atoms with Gasteiger partial charge in [0.05, 0.1) is 23.1 Å². The first kappa shape index (κ1) is 23.4. The lowest BCUT2D eigenvalue weighted by Crippen LogP contribution is -2.38. The van der Waals surface area contributed by atoms with Crippen LogP contribution < -0.4 is 4.90 Å². The fraction of sp³-hybridized carbons (Fsp3) is 0.346. The van der Waals surface area contributed by atoms with Crippen molar-refractivity contribution in [3.63, 3.8) is 0 Å². The maximum Gasteiger partial charge on any atom is 0.225 e. The van der Waals surface area contributed by atoms with Crippen molar-refractivity contribution in [3.05, 3.63) is 72.3 Å². The molecule has 0 saturated carbocycles. The molecule has 1 fully saturated rings. The fourth-order valence-corrected chi connectivity index (χ4v) is 5.02. The molecule has 0 aliphatic carbocycles. The molecule has 8 nitrogen and oxygen atoms in total. The number of piperidine rings is 1. The number of sulfone groups is 1. The molecule has 0 atom stereocenters. The number of anilines is 1. The van der Waals surface area contributed by atoms with Crippen LogP contribution in [0.15, 0.2) is 66.1 Å². The number of fused-ring (bicyclic) bond motifs is 1. The summed E-state index contributed by atoms with van der Waals surface area (Å²) < 4.78 is 31.9. The molecular weight excluding hydrogens is 462 g/mol. The molecule has 0 bridgehead atoms. The standard InChI is InChI=1S/C26H29N5O3S/c1-3-19-16-28-26(29-17-19)30-11-8-22(9-12-30)34-18-20-6-10-27-25(14-20)31-13-7-21-15-23(35(2,32)33)4-5-24(21)31/h4-7,10,13-17,22H,3,8-9,11-12,18H2,1-2H3. The van der Waals surface area contributed by atoms with Crippen molar-refractivity contribution in [1.82, 2.24) is 19.5 Å². The molecule has 0 N–H and O–H groups in total. The van der Waals surface area contributed by atoms with E-state index in [1.165, 1.54) is 6.26 Å². The monoisotopic (exact) mass is 491 g/mol. The number of hydrogen-bond donors (Lipinski definition) is 0. The van der Waals surface area contributed by atoms with Gasteiger partial charge in [-0.15, -0.1) is 0 Å². The Morgan fingerprint density at radius 3 is 2.49 bits per heavy atom. The first-order valence-electron chi connectivity index (χ1n) is 11.8. The average molecular weight is 492 g/mol. The van der Waals surface area contributed by atoms with Crippen LogP contribution in [0.5, 0.6) is 0 Å². The summed E-state index contributed by atoms with van der Waals surface area (Å²) in [5.74, 6) is 1.57. The third-order valence-corrected chi connectivity index (χ3v) is 7.57. The van der Waals surface area contributed by atoms with Gasteiger partial charge in [0, 0.05) is 49.5 Å². The normalized spacial score (nSPS) is 15.1. The molecule has 1 aliphatic heterocycles. The van der Waals surface area contributed by atoms with Gasteiger partial charge in [0.25, 0.3) is 0 Å². The molecule has 35 heavy (non-hydrogen) atoms. The number of pyridine rings is 1. The van der Waals surface area contributed by atoms with Gasteiger partial charge in [0.15, 0.2) is 9.84 Å². The van der Waals surface area contributed by atoms with Crippen molar-refractivity contribution in [2.75, 3.05) is 24.2 Å². The van der Waals surface area contributed by atoms with Gasteiger partial charge in [-0.25, -0.2) is 23.4 Å². The highest BCUT2D eigenvalue weighted by atomic mass is 32.2. The number of aromatic nitrogens is 4. The molecule has 1 aliphatic rings. The smallest absolute Gasteiger partial charge is 0.225 e. The topological polar surface area (TPSA) is 90.2 Å². The van der Waals surface area contributed by atoms with Crippen LogP contribution in [0.1, 0.15) is 30.9 Å². The molecule has 5 rings (SSSR count). The van der Waals surface area contributed by atoms with E-state index in [0.29, 0.717) is 11.5 Å². The van der Waals surface area contributed by atoms with E-state index < -0.39 is 9.84 Å². The Labute approximate surface area is 205 Å². The van der Waals surface area contributed by atoms with E-state index in [-0.39, 0.29) is 6.10 Å². The van der Waals surface area contributed by atoms with Crippen LogP contribution >= 0.6 is 0 Å². The van der Waals surface area contributed by atoms with Gasteiger partial charge in [-0.3, -0.25) is 0 Å². The summed E-state index contributed by atoms with van der Waals surface area (Å²) in [7, 11) is -3.25. The Balaban J connectivity index is 1.22. The summed E-state index contributed by atoms with van der Waals surface area (Å²) in [6.45, 7) is 4.37. The highest BCUT2D eigenvalue weighted by Gasteiger charge is 2.21. The molecule has 0 radical (unpaired) electrons. The van der Waals surface area contributed by atoms with Crippen LogP contribution in [0.3, 0.4) is 0 Å². The minimum Gasteiger partial charge on any atom is -0.373 e. The quantitative estimate of drug-likeness (QED) is 0.386. The van der Waals surface area contributed by atoms with E-state index >= 15 is 0 Å². The number of benzene rings is 1. The summed E-state index contributed by atoms with van der Waals surface area (Å²) in [6.07, 6.45) is 11.7. The Hall–Kier alpha value is -3.30. The van der Waals surface area contributed by atoms with Gasteiger partial charge < -0.3 is 14.2 Å². The molecule has 4 aromatic rings. The Morgan fingerprint density at radius 2 is 1.77 bits per heavy atom. The van der Waals surface area contributed by atoms with Crippen LogP contribution in [0.4, 0.5) is 5.95 Å². The van der Waals surface area contributed by atoms with Gasteiger partial charge >= 0.3 is 0 Å². The summed E-state index contributed by atoms with van der Waals surface area (Å²) in [5.41, 5.74) is 3.10. The summed E-state index contributed by atoms with van der Waals surface area (Å²) >= 11 is 0. The molecule has 4 heterocycles. The second-order valence-corrected chi connectivity index (χ2v) is 11.0. The fourth-order valence-electron chi connectivity index (χ4n) is 4.36. The van der Waals surface area contributed by atoms with Crippen LogP contribution in [-0.4, -0.2) is 53.4 Å². The summed E-state index contributed by atoms with van der Waals surface area (Å²) in [6, 6.07) is 11.0. The second kappa shape index (κ2) is 9.75. The van der Waals surface area contributed by atoms with Crippen LogP contribution in [0.2, 0.25) is 0 Å². The van der Waals surface area contributed by atoms with E-state index in [2.05, 4.69) is 26.8 Å². The molecule has 9 heteroatoms. The number of rotatable bonds is 7. The van der Waals surface area contributed by atoms with E-state index in [1.807, 2.05) is 47.4 Å². The first-order valence-corrected chi connectivity index (χ1v) is 13.7. The van der Waals surface area contributed by atoms with E-state index in [1.54, 1.807) is 18.3 Å².